The summed E-state index contributed by atoms with van der Waals surface area (Å²) in [6.45, 7) is 0. The number of hydrogen-bond donors (Lipinski definition) is 2. The number of benzene rings is 2. The molecule has 0 saturated heterocycles. The van der Waals surface area contributed by atoms with Crippen LogP contribution in [0, 0.1) is 11.3 Å². The summed E-state index contributed by atoms with van der Waals surface area (Å²) in [5.74, 6) is -6.49. The monoisotopic (exact) mass is 517 g/mol. The number of carboxylic acid groups (broad SMARTS) is 1. The van der Waals surface area contributed by atoms with Crippen LogP contribution in [0.15, 0.2) is 71.2 Å². The number of alkyl halides is 3. The first-order valence-corrected chi connectivity index (χ1v) is 10.2. The first-order chi connectivity index (χ1) is 17.4. The molecule has 1 heterocycles. The summed E-state index contributed by atoms with van der Waals surface area (Å²) in [7, 11) is 2.01. The maximum Gasteiger partial charge on any atom is 0.573 e. The van der Waals surface area contributed by atoms with Gasteiger partial charge in [0.2, 0.25) is 0 Å². The summed E-state index contributed by atoms with van der Waals surface area (Å²) >= 11 is 0. The van der Waals surface area contributed by atoms with Crippen LogP contribution in [-0.2, 0) is 19.1 Å². The number of nitriles is 1. The van der Waals surface area contributed by atoms with Crippen LogP contribution < -0.4 is 15.4 Å². The number of carbonyl (C=O) groups excluding carboxylic acids is 2. The lowest BCUT2D eigenvalue weighted by molar-refractivity contribution is -0.274. The maximum atomic E-state index is 13.0. The molecule has 13 heteroatoms. The largest absolute Gasteiger partial charge is 0.573 e. The van der Waals surface area contributed by atoms with E-state index in [1.54, 1.807) is 30.3 Å². The van der Waals surface area contributed by atoms with E-state index < -0.39 is 64.3 Å². The van der Waals surface area contributed by atoms with Gasteiger partial charge in [-0.15, -0.1) is 13.2 Å². The standard InChI is InChI=1S/C24H18F3N3O7/c1-35-22(33)18-17(12-6-4-3-5-7-12)15(11-28)20(29)30(19(18)23(34)36-2)16-9-8-13(37-24(25,26)27)10-14(16)21(31)32/h3-10,17H,29H2,1-2H3,(H,31,32). The van der Waals surface area contributed by atoms with Crippen LogP contribution in [0.3, 0.4) is 0 Å². The number of anilines is 1. The third-order valence-corrected chi connectivity index (χ3v) is 5.28. The lowest BCUT2D eigenvalue weighted by Crippen LogP contribution is -2.41. The van der Waals surface area contributed by atoms with Gasteiger partial charge in [-0.1, -0.05) is 30.3 Å². The smallest absolute Gasteiger partial charge is 0.478 e. The van der Waals surface area contributed by atoms with Crippen molar-refractivity contribution in [1.29, 1.82) is 5.26 Å². The molecule has 2 aromatic carbocycles. The van der Waals surface area contributed by atoms with Crippen molar-refractivity contribution in [2.75, 3.05) is 19.1 Å². The number of halogens is 3. The van der Waals surface area contributed by atoms with E-state index >= 15 is 0 Å². The summed E-state index contributed by atoms with van der Waals surface area (Å²) in [5.41, 5.74) is 4.16. The Hall–Kier alpha value is -4.99. The Kier molecular flexibility index (Phi) is 7.43. The van der Waals surface area contributed by atoms with E-state index in [2.05, 4.69) is 4.74 Å². The van der Waals surface area contributed by atoms with E-state index in [4.69, 9.17) is 15.2 Å². The Morgan fingerprint density at radius 1 is 1.05 bits per heavy atom. The molecule has 3 rings (SSSR count). The maximum absolute atomic E-state index is 13.0. The molecule has 1 aliphatic rings. The van der Waals surface area contributed by atoms with Gasteiger partial charge in [-0.3, -0.25) is 4.90 Å². The van der Waals surface area contributed by atoms with Crippen molar-refractivity contribution < 1.29 is 46.9 Å². The number of carboxylic acids is 1. The third-order valence-electron chi connectivity index (χ3n) is 5.28. The number of nitrogens with zero attached hydrogens (tertiary/aromatic N) is 2. The molecule has 0 radical (unpaired) electrons. The van der Waals surface area contributed by atoms with Crippen LogP contribution in [-0.4, -0.2) is 43.6 Å². The number of hydrogen-bond acceptors (Lipinski definition) is 9. The van der Waals surface area contributed by atoms with Crippen LogP contribution in [0.2, 0.25) is 0 Å². The summed E-state index contributed by atoms with van der Waals surface area (Å²) in [6.07, 6.45) is -5.12. The zero-order valence-corrected chi connectivity index (χ0v) is 19.2. The highest BCUT2D eigenvalue weighted by atomic mass is 19.4. The van der Waals surface area contributed by atoms with Gasteiger partial charge in [0.05, 0.1) is 48.6 Å². The van der Waals surface area contributed by atoms with Gasteiger partial charge in [-0.05, 0) is 23.8 Å². The van der Waals surface area contributed by atoms with Gasteiger partial charge in [0.15, 0.2) is 0 Å². The summed E-state index contributed by atoms with van der Waals surface area (Å²) in [6, 6.07) is 12.1. The number of rotatable bonds is 6. The van der Waals surface area contributed by atoms with Crippen molar-refractivity contribution in [3.05, 3.63) is 82.3 Å². The molecule has 192 valence electrons. The van der Waals surface area contributed by atoms with E-state index in [1.165, 1.54) is 0 Å². The average molecular weight is 517 g/mol. The quantitative estimate of drug-likeness (QED) is 0.547. The van der Waals surface area contributed by atoms with Crippen molar-refractivity contribution in [1.82, 2.24) is 0 Å². The number of methoxy groups -OCH3 is 2. The normalized spacial score (nSPS) is 15.7. The van der Waals surface area contributed by atoms with Gasteiger partial charge in [0.25, 0.3) is 0 Å². The van der Waals surface area contributed by atoms with Gasteiger partial charge >= 0.3 is 24.3 Å². The highest BCUT2D eigenvalue weighted by Crippen LogP contribution is 2.44. The lowest BCUT2D eigenvalue weighted by atomic mass is 9.80. The predicted molar refractivity (Wildman–Crippen MR) is 120 cm³/mol. The molecule has 3 N–H and O–H groups in total. The van der Waals surface area contributed by atoms with Crippen LogP contribution in [0.4, 0.5) is 18.9 Å². The van der Waals surface area contributed by atoms with Crippen molar-refractivity contribution in [3.8, 4) is 11.8 Å². The van der Waals surface area contributed by atoms with Crippen LogP contribution >= 0.6 is 0 Å². The Balaban J connectivity index is 2.42. The lowest BCUT2D eigenvalue weighted by Gasteiger charge is -2.36. The van der Waals surface area contributed by atoms with E-state index in [0.29, 0.717) is 11.6 Å². The fourth-order valence-electron chi connectivity index (χ4n) is 3.84. The summed E-state index contributed by atoms with van der Waals surface area (Å²) < 4.78 is 51.7. The van der Waals surface area contributed by atoms with Crippen molar-refractivity contribution in [2.24, 2.45) is 5.73 Å². The summed E-state index contributed by atoms with van der Waals surface area (Å²) in [5, 5.41) is 19.7. The highest BCUT2D eigenvalue weighted by Gasteiger charge is 2.44. The molecule has 10 nitrogen and oxygen atoms in total. The van der Waals surface area contributed by atoms with Crippen LogP contribution in [0.25, 0.3) is 0 Å². The number of aromatic carboxylic acids is 1. The minimum Gasteiger partial charge on any atom is -0.478 e. The van der Waals surface area contributed by atoms with Crippen molar-refractivity contribution in [3.63, 3.8) is 0 Å². The first-order valence-electron chi connectivity index (χ1n) is 10.2. The molecular formula is C24H18F3N3O7. The Morgan fingerprint density at radius 3 is 2.19 bits per heavy atom. The Bertz CT molecular complexity index is 1360. The molecule has 37 heavy (non-hydrogen) atoms. The third kappa shape index (κ3) is 5.18. The molecule has 0 spiro atoms. The fourth-order valence-corrected chi connectivity index (χ4v) is 3.84. The van der Waals surface area contributed by atoms with E-state index in [-0.39, 0.29) is 5.57 Å². The molecule has 0 aromatic heterocycles. The van der Waals surface area contributed by atoms with E-state index in [0.717, 1.165) is 31.3 Å². The minimum absolute atomic E-state index is 0.258. The molecule has 0 saturated carbocycles. The SMILES string of the molecule is COC(=O)C1=C(C(=O)OC)N(c2ccc(OC(F)(F)F)cc2C(=O)O)C(N)=C(C#N)C1c1ccccc1. The Labute approximate surface area is 207 Å². The van der Waals surface area contributed by atoms with Crippen LogP contribution in [0.5, 0.6) is 5.75 Å². The molecule has 1 atom stereocenters. The van der Waals surface area contributed by atoms with Gasteiger partial charge in [-0.2, -0.15) is 5.26 Å². The molecule has 0 bridgehead atoms. The minimum atomic E-state index is -5.12. The molecule has 2 aromatic rings. The highest BCUT2D eigenvalue weighted by molar-refractivity contribution is 6.08. The number of nitrogens with two attached hydrogens (primary N) is 1. The average Bonchev–Trinajstić information content (AvgIpc) is 2.86. The zero-order valence-electron chi connectivity index (χ0n) is 19.2. The van der Waals surface area contributed by atoms with Gasteiger partial charge in [-0.25, -0.2) is 14.4 Å². The molecule has 0 fully saturated rings. The fraction of sp³-hybridized carbons (Fsp3) is 0.167. The van der Waals surface area contributed by atoms with Crippen LogP contribution in [0.1, 0.15) is 21.8 Å². The topological polar surface area (TPSA) is 152 Å². The molecular weight excluding hydrogens is 499 g/mol. The van der Waals surface area contributed by atoms with Gasteiger partial charge < -0.3 is 25.1 Å². The second-order valence-corrected chi connectivity index (χ2v) is 7.37. The van der Waals surface area contributed by atoms with E-state index in [1.807, 2.05) is 6.07 Å². The zero-order chi connectivity index (χ0) is 27.5. The second-order valence-electron chi connectivity index (χ2n) is 7.37. The second kappa shape index (κ2) is 10.3. The molecule has 0 amide bonds. The van der Waals surface area contributed by atoms with Crippen molar-refractivity contribution >= 4 is 23.6 Å². The number of carbonyl (C=O) groups is 3. The number of esters is 2. The number of allylic oxidation sites excluding steroid dienone is 1. The molecule has 1 unspecified atom stereocenters. The molecule has 0 aliphatic carbocycles. The first kappa shape index (κ1) is 26.6. The predicted octanol–water partition coefficient (Wildman–Crippen LogP) is 3.18. The summed E-state index contributed by atoms with van der Waals surface area (Å²) in [4.78, 5) is 38.8. The number of ether oxygens (including phenoxy) is 3. The molecule has 1 aliphatic heterocycles. The Morgan fingerprint density at radius 2 is 1.68 bits per heavy atom. The van der Waals surface area contributed by atoms with Crippen molar-refractivity contribution in [2.45, 2.75) is 12.3 Å². The van der Waals surface area contributed by atoms with Gasteiger partial charge in [0.1, 0.15) is 17.3 Å². The van der Waals surface area contributed by atoms with E-state index in [9.17, 15) is 37.9 Å². The van der Waals surface area contributed by atoms with Gasteiger partial charge in [0, 0.05) is 0 Å².